The van der Waals surface area contributed by atoms with E-state index >= 15 is 0 Å². The number of esters is 2. The Balaban J connectivity index is 1.77. The minimum atomic E-state index is -0.375. The molecule has 0 atom stereocenters. The number of hydrogen-bond acceptors (Lipinski definition) is 4. The van der Waals surface area contributed by atoms with Gasteiger partial charge in [0, 0.05) is 25.2 Å². The summed E-state index contributed by atoms with van der Waals surface area (Å²) >= 11 is 0. The first-order valence-electron chi connectivity index (χ1n) is 6.49. The van der Waals surface area contributed by atoms with Crippen molar-refractivity contribution in [3.8, 4) is 0 Å². The van der Waals surface area contributed by atoms with Gasteiger partial charge in [0.2, 0.25) is 0 Å². The number of aryl methyl sites for hydroxylation is 1. The zero-order chi connectivity index (χ0) is 14.4. The minimum absolute atomic E-state index is 0.102. The highest BCUT2D eigenvalue weighted by Crippen LogP contribution is 2.15. The lowest BCUT2D eigenvalue weighted by Gasteiger charge is -2.07. The summed E-state index contributed by atoms with van der Waals surface area (Å²) in [6.45, 7) is 2.09. The van der Waals surface area contributed by atoms with Gasteiger partial charge in [-0.1, -0.05) is 18.2 Å². The number of ether oxygens (including phenoxy) is 2. The number of fused-ring (bicyclic) bond motifs is 1. The summed E-state index contributed by atoms with van der Waals surface area (Å²) < 4.78 is 11.7. The highest BCUT2D eigenvalue weighted by molar-refractivity contribution is 5.80. The molecule has 0 fully saturated rings. The Morgan fingerprint density at radius 2 is 1.85 bits per heavy atom. The number of nitrogens with zero attached hydrogens (tertiary/aromatic N) is 1. The van der Waals surface area contributed by atoms with Crippen LogP contribution in [-0.2, 0) is 25.6 Å². The highest BCUT2D eigenvalue weighted by atomic mass is 16.6. The summed E-state index contributed by atoms with van der Waals surface area (Å²) in [4.78, 5) is 22.1. The van der Waals surface area contributed by atoms with Crippen molar-refractivity contribution in [3.05, 3.63) is 36.5 Å². The van der Waals surface area contributed by atoms with Gasteiger partial charge in [-0.3, -0.25) is 9.59 Å². The van der Waals surface area contributed by atoms with Crippen molar-refractivity contribution in [2.24, 2.45) is 0 Å². The summed E-state index contributed by atoms with van der Waals surface area (Å²) in [5.74, 6) is -0.671. The van der Waals surface area contributed by atoms with Crippen molar-refractivity contribution in [2.75, 3.05) is 13.2 Å². The van der Waals surface area contributed by atoms with Crippen molar-refractivity contribution in [1.29, 1.82) is 0 Å². The van der Waals surface area contributed by atoms with Gasteiger partial charge >= 0.3 is 11.9 Å². The van der Waals surface area contributed by atoms with E-state index in [0.29, 0.717) is 13.0 Å². The number of carbonyl (C=O) groups is 2. The molecule has 1 aromatic carbocycles. The largest absolute Gasteiger partial charge is 0.462 e. The van der Waals surface area contributed by atoms with Crippen LogP contribution in [0.4, 0.5) is 0 Å². The van der Waals surface area contributed by atoms with E-state index in [2.05, 4.69) is 4.74 Å². The maximum Gasteiger partial charge on any atom is 0.307 e. The Hall–Kier alpha value is -2.30. The molecule has 106 valence electrons. The van der Waals surface area contributed by atoms with Crippen LogP contribution in [0.2, 0.25) is 0 Å². The van der Waals surface area contributed by atoms with Crippen LogP contribution < -0.4 is 0 Å². The van der Waals surface area contributed by atoms with E-state index in [1.54, 1.807) is 0 Å². The van der Waals surface area contributed by atoms with Crippen LogP contribution in [0.25, 0.3) is 10.9 Å². The van der Waals surface area contributed by atoms with Crippen LogP contribution in [0.15, 0.2) is 36.5 Å². The zero-order valence-corrected chi connectivity index (χ0v) is 11.4. The van der Waals surface area contributed by atoms with E-state index < -0.39 is 0 Å². The molecule has 0 amide bonds. The van der Waals surface area contributed by atoms with E-state index in [0.717, 1.165) is 10.9 Å². The molecular formula is C15H17NO4. The van der Waals surface area contributed by atoms with Crippen molar-refractivity contribution in [2.45, 2.75) is 19.9 Å². The maximum absolute atomic E-state index is 11.5. The molecule has 2 aromatic rings. The Morgan fingerprint density at radius 1 is 1.10 bits per heavy atom. The number of hydrogen-bond donors (Lipinski definition) is 0. The minimum Gasteiger partial charge on any atom is -0.462 e. The second kappa shape index (κ2) is 6.75. The fourth-order valence-corrected chi connectivity index (χ4v) is 1.96. The molecule has 20 heavy (non-hydrogen) atoms. The van der Waals surface area contributed by atoms with Gasteiger partial charge < -0.3 is 14.0 Å². The van der Waals surface area contributed by atoms with Gasteiger partial charge in [-0.15, -0.1) is 0 Å². The molecule has 0 bridgehead atoms. The van der Waals surface area contributed by atoms with Crippen LogP contribution in [0.5, 0.6) is 0 Å². The van der Waals surface area contributed by atoms with E-state index in [9.17, 15) is 9.59 Å². The lowest BCUT2D eigenvalue weighted by molar-refractivity contribution is -0.151. The average Bonchev–Trinajstić information content (AvgIpc) is 2.84. The highest BCUT2D eigenvalue weighted by Gasteiger charge is 2.05. The number of carbonyl (C=O) groups excluding carboxylic acids is 2. The lowest BCUT2D eigenvalue weighted by Crippen LogP contribution is -2.13. The predicted molar refractivity (Wildman–Crippen MR) is 74.1 cm³/mol. The SMILES string of the molecule is CC(=O)OCCOC(=O)CCn1ccc2ccccc21. The van der Waals surface area contributed by atoms with Gasteiger partial charge in [0.15, 0.2) is 0 Å². The van der Waals surface area contributed by atoms with E-state index in [1.165, 1.54) is 6.92 Å². The summed E-state index contributed by atoms with van der Waals surface area (Å²) in [6.07, 6.45) is 2.25. The monoisotopic (exact) mass is 275 g/mol. The van der Waals surface area contributed by atoms with Crippen molar-refractivity contribution in [1.82, 2.24) is 4.57 Å². The molecular weight excluding hydrogens is 258 g/mol. The molecule has 0 saturated heterocycles. The predicted octanol–water partition coefficient (Wildman–Crippen LogP) is 2.14. The first-order valence-corrected chi connectivity index (χ1v) is 6.49. The van der Waals surface area contributed by atoms with Crippen LogP contribution in [0.3, 0.4) is 0 Å². The van der Waals surface area contributed by atoms with E-state index in [1.807, 2.05) is 41.1 Å². The molecule has 0 aliphatic carbocycles. The molecule has 5 heteroatoms. The molecule has 0 spiro atoms. The number of benzene rings is 1. The van der Waals surface area contributed by atoms with E-state index in [-0.39, 0.29) is 25.2 Å². The first kappa shape index (κ1) is 14.1. The van der Waals surface area contributed by atoms with Gasteiger partial charge in [0.25, 0.3) is 0 Å². The lowest BCUT2D eigenvalue weighted by atomic mass is 10.2. The van der Waals surface area contributed by atoms with Crippen LogP contribution >= 0.6 is 0 Å². The molecule has 0 aliphatic rings. The maximum atomic E-state index is 11.5. The number of rotatable bonds is 6. The van der Waals surface area contributed by atoms with Crippen molar-refractivity contribution in [3.63, 3.8) is 0 Å². The third-order valence-corrected chi connectivity index (χ3v) is 2.89. The van der Waals surface area contributed by atoms with Crippen LogP contribution in [0.1, 0.15) is 13.3 Å². The number of para-hydroxylation sites is 1. The molecule has 1 aromatic heterocycles. The Labute approximate surface area is 117 Å². The van der Waals surface area contributed by atoms with Gasteiger partial charge in [-0.25, -0.2) is 0 Å². The molecule has 0 aliphatic heterocycles. The Bertz CT molecular complexity index is 603. The number of aromatic nitrogens is 1. The quantitative estimate of drug-likeness (QED) is 0.598. The fraction of sp³-hybridized carbons (Fsp3) is 0.333. The van der Waals surface area contributed by atoms with Gasteiger partial charge in [-0.2, -0.15) is 0 Å². The molecule has 2 rings (SSSR count). The Kier molecular flexibility index (Phi) is 4.76. The van der Waals surface area contributed by atoms with Crippen LogP contribution in [-0.4, -0.2) is 29.7 Å². The van der Waals surface area contributed by atoms with Crippen LogP contribution in [0, 0.1) is 0 Å². The smallest absolute Gasteiger partial charge is 0.307 e. The molecule has 0 radical (unpaired) electrons. The standard InChI is InChI=1S/C15H17NO4/c1-12(17)19-10-11-20-15(18)7-9-16-8-6-13-4-2-3-5-14(13)16/h2-6,8H,7,9-11H2,1H3. The second-order valence-corrected chi connectivity index (χ2v) is 4.38. The summed E-state index contributed by atoms with van der Waals surface area (Å²) in [7, 11) is 0. The van der Waals surface area contributed by atoms with Gasteiger partial charge in [0.1, 0.15) is 13.2 Å². The molecule has 5 nitrogen and oxygen atoms in total. The van der Waals surface area contributed by atoms with Gasteiger partial charge in [0.05, 0.1) is 6.42 Å². The molecule has 0 saturated carbocycles. The second-order valence-electron chi connectivity index (χ2n) is 4.38. The summed E-state index contributed by atoms with van der Waals surface area (Å²) in [5, 5.41) is 1.15. The Morgan fingerprint density at radius 3 is 2.65 bits per heavy atom. The summed E-state index contributed by atoms with van der Waals surface area (Å²) in [5.41, 5.74) is 1.10. The van der Waals surface area contributed by atoms with Gasteiger partial charge in [-0.05, 0) is 17.5 Å². The van der Waals surface area contributed by atoms with Crippen molar-refractivity contribution < 1.29 is 19.1 Å². The fourth-order valence-electron chi connectivity index (χ4n) is 1.96. The zero-order valence-electron chi connectivity index (χ0n) is 11.4. The normalized spacial score (nSPS) is 10.4. The topological polar surface area (TPSA) is 57.5 Å². The molecule has 0 unspecified atom stereocenters. The van der Waals surface area contributed by atoms with Crippen molar-refractivity contribution >= 4 is 22.8 Å². The first-order chi connectivity index (χ1) is 9.66. The molecule has 1 heterocycles. The average molecular weight is 275 g/mol. The third-order valence-electron chi connectivity index (χ3n) is 2.89. The van der Waals surface area contributed by atoms with E-state index in [4.69, 9.17) is 4.74 Å². The molecule has 0 N–H and O–H groups in total. The third kappa shape index (κ3) is 3.85. The summed E-state index contributed by atoms with van der Waals surface area (Å²) in [6, 6.07) is 10.0.